The Labute approximate surface area is 209 Å². The highest BCUT2D eigenvalue weighted by Gasteiger charge is 2.44. The number of ether oxygens (including phenoxy) is 2. The summed E-state index contributed by atoms with van der Waals surface area (Å²) in [5, 5.41) is 5.86. The summed E-state index contributed by atoms with van der Waals surface area (Å²) in [6.07, 6.45) is 0.255. The van der Waals surface area contributed by atoms with E-state index in [1.54, 1.807) is 6.92 Å². The van der Waals surface area contributed by atoms with E-state index < -0.39 is 41.7 Å². The summed E-state index contributed by atoms with van der Waals surface area (Å²) in [5.74, 6) is -1.66. The van der Waals surface area contributed by atoms with Crippen LogP contribution in [0.15, 0.2) is 18.2 Å². The molecule has 3 unspecified atom stereocenters. The number of likely N-dealkylation sites (tertiary alicyclic amines) is 1. The number of nitrogens with two attached hydrogens (primary N) is 1. The van der Waals surface area contributed by atoms with E-state index in [1.165, 1.54) is 23.1 Å². The van der Waals surface area contributed by atoms with Gasteiger partial charge in [0.2, 0.25) is 18.1 Å². The molecule has 2 heterocycles. The third-order valence-electron chi connectivity index (χ3n) is 6.11. The monoisotopic (exact) mass is 508 g/mol. The van der Waals surface area contributed by atoms with Crippen molar-refractivity contribution >= 4 is 41.0 Å². The van der Waals surface area contributed by atoms with Gasteiger partial charge < -0.3 is 30.7 Å². The molecule has 0 radical (unpaired) electrons. The van der Waals surface area contributed by atoms with Crippen LogP contribution in [0.1, 0.15) is 57.3 Å². The Kier molecular flexibility index (Phi) is 8.27. The average Bonchev–Trinajstić information content (AvgIpc) is 3.39. The molecule has 0 spiro atoms. The molecular formula is C24H33ClN4O6. The van der Waals surface area contributed by atoms with Crippen molar-refractivity contribution in [1.82, 2.24) is 15.5 Å². The summed E-state index contributed by atoms with van der Waals surface area (Å²) >= 11 is 6.05. The van der Waals surface area contributed by atoms with Crippen LogP contribution in [0.3, 0.4) is 0 Å². The number of nitrogen functional groups attached to an aromatic ring is 1. The number of anilines is 1. The number of amides is 3. The van der Waals surface area contributed by atoms with Crippen molar-refractivity contribution in [3.8, 4) is 0 Å². The number of benzene rings is 1. The second kappa shape index (κ2) is 10.8. The van der Waals surface area contributed by atoms with E-state index in [4.69, 9.17) is 26.8 Å². The van der Waals surface area contributed by atoms with Gasteiger partial charge in [-0.25, -0.2) is 0 Å². The molecule has 0 saturated carbocycles. The lowest BCUT2D eigenvalue weighted by Crippen LogP contribution is -2.58. The first-order valence-corrected chi connectivity index (χ1v) is 12.1. The standard InChI is InChI=1S/C24H33ClN4O6/c1-5-34-23-16(12-18(30)35-23)27-21(32)17-7-6-10-29(17)22(33)19(24(2,3)4)28-20(31)13-8-9-15(26)14(25)11-13/h8-9,11,16-17,19,23H,5-7,10,12,26H2,1-4H3,(H,27,32)(H,28,31)/t16?,17-,19?,23?/m0/s1. The first-order valence-electron chi connectivity index (χ1n) is 11.7. The van der Waals surface area contributed by atoms with Gasteiger partial charge in [-0.2, -0.15) is 0 Å². The van der Waals surface area contributed by atoms with E-state index in [2.05, 4.69) is 10.6 Å². The number of carbonyl (C=O) groups excluding carboxylic acids is 4. The van der Waals surface area contributed by atoms with Gasteiger partial charge in [0.1, 0.15) is 18.1 Å². The van der Waals surface area contributed by atoms with Gasteiger partial charge >= 0.3 is 5.97 Å². The number of nitrogens with one attached hydrogen (secondary N) is 2. The lowest BCUT2D eigenvalue weighted by atomic mass is 9.85. The minimum absolute atomic E-state index is 0.00188. The number of rotatable bonds is 7. The van der Waals surface area contributed by atoms with Crippen molar-refractivity contribution < 1.29 is 28.7 Å². The molecular weight excluding hydrogens is 476 g/mol. The van der Waals surface area contributed by atoms with Gasteiger partial charge in [0, 0.05) is 18.7 Å². The first kappa shape index (κ1) is 26.7. The molecule has 2 fully saturated rings. The predicted octanol–water partition coefficient (Wildman–Crippen LogP) is 1.85. The number of nitrogens with zero attached hydrogens (tertiary/aromatic N) is 1. The van der Waals surface area contributed by atoms with Crippen LogP contribution in [0.5, 0.6) is 0 Å². The van der Waals surface area contributed by atoms with Crippen LogP contribution < -0.4 is 16.4 Å². The molecule has 1 aromatic carbocycles. The fourth-order valence-electron chi connectivity index (χ4n) is 4.25. The van der Waals surface area contributed by atoms with Gasteiger partial charge in [0.15, 0.2) is 0 Å². The van der Waals surface area contributed by atoms with Crippen molar-refractivity contribution in [3.05, 3.63) is 28.8 Å². The summed E-state index contributed by atoms with van der Waals surface area (Å²) in [6, 6.07) is 2.26. The van der Waals surface area contributed by atoms with E-state index in [-0.39, 0.29) is 28.8 Å². The van der Waals surface area contributed by atoms with Crippen LogP contribution in [-0.4, -0.2) is 66.2 Å². The molecule has 4 N–H and O–H groups in total. The van der Waals surface area contributed by atoms with Crippen molar-refractivity contribution in [2.24, 2.45) is 5.41 Å². The number of hydrogen-bond donors (Lipinski definition) is 3. The highest BCUT2D eigenvalue weighted by atomic mass is 35.5. The third-order valence-corrected chi connectivity index (χ3v) is 6.44. The minimum atomic E-state index is -0.896. The van der Waals surface area contributed by atoms with Crippen molar-refractivity contribution in [2.45, 2.75) is 71.4 Å². The zero-order valence-electron chi connectivity index (χ0n) is 20.4. The van der Waals surface area contributed by atoms with Gasteiger partial charge in [-0.15, -0.1) is 0 Å². The Morgan fingerprint density at radius 1 is 1.31 bits per heavy atom. The quantitative estimate of drug-likeness (QED) is 0.377. The van der Waals surface area contributed by atoms with Crippen molar-refractivity contribution in [3.63, 3.8) is 0 Å². The van der Waals surface area contributed by atoms with Crippen LogP contribution >= 0.6 is 11.6 Å². The summed E-state index contributed by atoms with van der Waals surface area (Å²) < 4.78 is 10.5. The lowest BCUT2D eigenvalue weighted by molar-refractivity contribution is -0.164. The van der Waals surface area contributed by atoms with Gasteiger partial charge in [0.25, 0.3) is 5.91 Å². The summed E-state index contributed by atoms with van der Waals surface area (Å²) in [6.45, 7) is 7.98. The molecule has 192 valence electrons. The van der Waals surface area contributed by atoms with E-state index in [9.17, 15) is 19.2 Å². The molecule has 0 aliphatic carbocycles. The van der Waals surface area contributed by atoms with Gasteiger partial charge in [0.05, 0.1) is 17.1 Å². The maximum atomic E-state index is 13.6. The second-order valence-electron chi connectivity index (χ2n) is 9.83. The highest BCUT2D eigenvalue weighted by Crippen LogP contribution is 2.27. The maximum Gasteiger partial charge on any atom is 0.310 e. The van der Waals surface area contributed by atoms with Crippen LogP contribution in [0, 0.1) is 5.41 Å². The third kappa shape index (κ3) is 6.24. The summed E-state index contributed by atoms with van der Waals surface area (Å²) in [7, 11) is 0. The Morgan fingerprint density at radius 3 is 2.66 bits per heavy atom. The predicted molar refractivity (Wildman–Crippen MR) is 129 cm³/mol. The molecule has 0 bridgehead atoms. The Bertz CT molecular complexity index is 995. The van der Waals surface area contributed by atoms with Crippen molar-refractivity contribution in [2.75, 3.05) is 18.9 Å². The summed E-state index contributed by atoms with van der Waals surface area (Å²) in [4.78, 5) is 52.9. The smallest absolute Gasteiger partial charge is 0.310 e. The van der Waals surface area contributed by atoms with Crippen molar-refractivity contribution in [1.29, 1.82) is 0 Å². The molecule has 11 heteroatoms. The Balaban J connectivity index is 1.74. The number of cyclic esters (lactones) is 1. The molecule has 2 aliphatic heterocycles. The lowest BCUT2D eigenvalue weighted by Gasteiger charge is -2.35. The highest BCUT2D eigenvalue weighted by molar-refractivity contribution is 6.33. The Hall–Kier alpha value is -2.85. The maximum absolute atomic E-state index is 13.6. The normalized spacial score (nSPS) is 23.1. The van der Waals surface area contributed by atoms with Crippen LogP contribution in [0.2, 0.25) is 5.02 Å². The fourth-order valence-corrected chi connectivity index (χ4v) is 4.43. The molecule has 3 amide bonds. The van der Waals surface area contributed by atoms with Gasteiger partial charge in [-0.05, 0) is 43.4 Å². The van der Waals surface area contributed by atoms with Crippen LogP contribution in [0.25, 0.3) is 0 Å². The molecule has 35 heavy (non-hydrogen) atoms. The molecule has 10 nitrogen and oxygen atoms in total. The summed E-state index contributed by atoms with van der Waals surface area (Å²) in [5.41, 5.74) is 5.71. The molecule has 4 atom stereocenters. The fraction of sp³-hybridized carbons (Fsp3) is 0.583. The zero-order valence-corrected chi connectivity index (χ0v) is 21.2. The zero-order chi connectivity index (χ0) is 25.9. The minimum Gasteiger partial charge on any atom is -0.433 e. The number of esters is 1. The topological polar surface area (TPSA) is 140 Å². The molecule has 2 saturated heterocycles. The molecule has 2 aliphatic rings. The van der Waals surface area contributed by atoms with Crippen LogP contribution in [0.4, 0.5) is 5.69 Å². The largest absolute Gasteiger partial charge is 0.433 e. The average molecular weight is 509 g/mol. The molecule has 0 aromatic heterocycles. The number of hydrogen-bond acceptors (Lipinski definition) is 7. The SMILES string of the molecule is CCOC1OC(=O)CC1NC(=O)[C@@H]1CCCN1C(=O)C(NC(=O)c1ccc(N)c(Cl)c1)C(C)(C)C. The van der Waals surface area contributed by atoms with Gasteiger partial charge in [-0.3, -0.25) is 19.2 Å². The van der Waals surface area contributed by atoms with E-state index >= 15 is 0 Å². The first-order chi connectivity index (χ1) is 16.4. The van der Waals surface area contributed by atoms with Gasteiger partial charge in [-0.1, -0.05) is 32.4 Å². The number of carbonyl (C=O) groups is 4. The van der Waals surface area contributed by atoms with E-state index in [0.717, 1.165) is 0 Å². The van der Waals surface area contributed by atoms with E-state index in [1.807, 2.05) is 20.8 Å². The van der Waals surface area contributed by atoms with E-state index in [0.29, 0.717) is 31.7 Å². The van der Waals surface area contributed by atoms with Crippen LogP contribution in [-0.2, 0) is 23.9 Å². The molecule has 3 rings (SSSR count). The Morgan fingerprint density at radius 2 is 2.03 bits per heavy atom. The molecule has 1 aromatic rings. The number of halogens is 1. The second-order valence-corrected chi connectivity index (χ2v) is 10.2.